The average molecular weight is 340 g/mol. The van der Waals surface area contributed by atoms with Crippen molar-refractivity contribution in [2.24, 2.45) is 5.92 Å². The van der Waals surface area contributed by atoms with Crippen molar-refractivity contribution < 1.29 is 9.18 Å². The molecule has 2 aromatic carbocycles. The van der Waals surface area contributed by atoms with E-state index >= 15 is 0 Å². The van der Waals surface area contributed by atoms with Gasteiger partial charge in [0.05, 0.1) is 6.04 Å². The summed E-state index contributed by atoms with van der Waals surface area (Å²) < 4.78 is 13.0. The molecule has 0 radical (unpaired) electrons. The Hall–Kier alpha value is -2.20. The smallest absolute Gasteiger partial charge is 0.225 e. The van der Waals surface area contributed by atoms with Crippen LogP contribution in [0.15, 0.2) is 54.6 Å². The van der Waals surface area contributed by atoms with E-state index in [1.807, 2.05) is 30.0 Å². The molecule has 1 saturated heterocycles. The molecule has 4 heteroatoms. The molecule has 1 fully saturated rings. The van der Waals surface area contributed by atoms with E-state index in [-0.39, 0.29) is 23.7 Å². The number of hydrogen-bond acceptors (Lipinski definition) is 2. The molecular weight excluding hydrogens is 315 g/mol. The molecule has 3 nitrogen and oxygen atoms in total. The van der Waals surface area contributed by atoms with Gasteiger partial charge in [-0.15, -0.1) is 0 Å². The predicted molar refractivity (Wildman–Crippen MR) is 97.7 cm³/mol. The van der Waals surface area contributed by atoms with Gasteiger partial charge in [-0.25, -0.2) is 4.39 Å². The van der Waals surface area contributed by atoms with E-state index in [0.29, 0.717) is 13.0 Å². The first-order chi connectivity index (χ1) is 12.0. The van der Waals surface area contributed by atoms with Crippen molar-refractivity contribution in [3.63, 3.8) is 0 Å². The van der Waals surface area contributed by atoms with Crippen LogP contribution in [0.25, 0.3) is 0 Å². The van der Waals surface area contributed by atoms with E-state index in [9.17, 15) is 9.18 Å². The van der Waals surface area contributed by atoms with Crippen LogP contribution in [0.2, 0.25) is 0 Å². The first kappa shape index (κ1) is 17.6. The Bertz CT molecular complexity index is 702. The lowest BCUT2D eigenvalue weighted by atomic mass is 9.97. The lowest BCUT2D eigenvalue weighted by molar-refractivity contribution is -0.137. The Morgan fingerprint density at radius 3 is 2.48 bits per heavy atom. The summed E-state index contributed by atoms with van der Waals surface area (Å²) in [5.41, 5.74) is 2.24. The third-order valence-electron chi connectivity index (χ3n) is 5.02. The van der Waals surface area contributed by atoms with Crippen molar-refractivity contribution in [2.45, 2.75) is 19.4 Å². The second-order valence-electron chi connectivity index (χ2n) is 6.92. The van der Waals surface area contributed by atoms with Crippen LogP contribution in [0, 0.1) is 11.7 Å². The fraction of sp³-hybridized carbons (Fsp3) is 0.381. The van der Waals surface area contributed by atoms with Crippen molar-refractivity contribution in [1.29, 1.82) is 0 Å². The number of benzene rings is 2. The molecule has 132 valence electrons. The van der Waals surface area contributed by atoms with Gasteiger partial charge in [-0.1, -0.05) is 49.4 Å². The standard InChI is InChI=1S/C21H25FN2O/c1-16(14-17-8-10-19(22)11-9-17)21(25)24-13-12-23(2)20(15-24)18-6-4-3-5-7-18/h3-11,16,20H,12-15H2,1-2H3. The molecule has 3 rings (SSSR count). The maximum absolute atomic E-state index is 13.0. The maximum atomic E-state index is 13.0. The average Bonchev–Trinajstić information content (AvgIpc) is 2.64. The summed E-state index contributed by atoms with van der Waals surface area (Å²) >= 11 is 0. The van der Waals surface area contributed by atoms with Crippen molar-refractivity contribution >= 4 is 5.91 Å². The van der Waals surface area contributed by atoms with Gasteiger partial charge in [0.1, 0.15) is 5.82 Å². The molecule has 1 aliphatic heterocycles. The molecule has 2 atom stereocenters. The third-order valence-corrected chi connectivity index (χ3v) is 5.02. The number of likely N-dealkylation sites (N-methyl/N-ethyl adjacent to an activating group) is 1. The highest BCUT2D eigenvalue weighted by Crippen LogP contribution is 2.25. The van der Waals surface area contributed by atoms with Crippen molar-refractivity contribution in [3.05, 3.63) is 71.5 Å². The van der Waals surface area contributed by atoms with Gasteiger partial charge < -0.3 is 4.90 Å². The summed E-state index contributed by atoms with van der Waals surface area (Å²) in [5, 5.41) is 0. The minimum atomic E-state index is -0.243. The van der Waals surface area contributed by atoms with E-state index in [4.69, 9.17) is 0 Å². The number of halogens is 1. The highest BCUT2D eigenvalue weighted by Gasteiger charge is 2.30. The van der Waals surface area contributed by atoms with Crippen molar-refractivity contribution in [3.8, 4) is 0 Å². The number of rotatable bonds is 4. The maximum Gasteiger partial charge on any atom is 0.225 e. The van der Waals surface area contributed by atoms with E-state index in [1.54, 1.807) is 12.1 Å². The Morgan fingerprint density at radius 1 is 1.12 bits per heavy atom. The van der Waals surface area contributed by atoms with Crippen LogP contribution >= 0.6 is 0 Å². The minimum Gasteiger partial charge on any atom is -0.339 e. The van der Waals surface area contributed by atoms with Crippen LogP contribution in [0.1, 0.15) is 24.1 Å². The van der Waals surface area contributed by atoms with Crippen molar-refractivity contribution in [2.75, 3.05) is 26.7 Å². The second kappa shape index (κ2) is 7.79. The molecule has 0 saturated carbocycles. The number of piperazine rings is 1. The molecule has 1 heterocycles. The predicted octanol–water partition coefficient (Wildman–Crippen LogP) is 3.52. The monoisotopic (exact) mass is 340 g/mol. The lowest BCUT2D eigenvalue weighted by Gasteiger charge is -2.40. The molecule has 1 aliphatic rings. The van der Waals surface area contributed by atoms with Gasteiger partial charge in [0.2, 0.25) is 5.91 Å². The molecule has 0 N–H and O–H groups in total. The number of carbonyl (C=O) groups is 1. The first-order valence-electron chi connectivity index (χ1n) is 8.83. The third kappa shape index (κ3) is 4.26. The second-order valence-corrected chi connectivity index (χ2v) is 6.92. The van der Waals surface area contributed by atoms with Gasteiger partial charge in [0.25, 0.3) is 0 Å². The summed E-state index contributed by atoms with van der Waals surface area (Å²) in [5.74, 6) is -0.170. The number of hydrogen-bond donors (Lipinski definition) is 0. The van der Waals surface area contributed by atoms with E-state index < -0.39 is 0 Å². The van der Waals surface area contributed by atoms with Crippen LogP contribution < -0.4 is 0 Å². The number of amides is 1. The van der Waals surface area contributed by atoms with Crippen LogP contribution in [0.5, 0.6) is 0 Å². The Labute approximate surface area is 149 Å². The molecule has 1 amide bonds. The molecule has 25 heavy (non-hydrogen) atoms. The summed E-state index contributed by atoms with van der Waals surface area (Å²) in [6, 6.07) is 17.0. The molecule has 2 aromatic rings. The van der Waals surface area contributed by atoms with E-state index in [1.165, 1.54) is 17.7 Å². The Kier molecular flexibility index (Phi) is 5.49. The van der Waals surface area contributed by atoms with Crippen LogP contribution in [0.4, 0.5) is 4.39 Å². The van der Waals surface area contributed by atoms with Crippen LogP contribution in [-0.4, -0.2) is 42.4 Å². The summed E-state index contributed by atoms with van der Waals surface area (Å²) in [6.07, 6.45) is 0.640. The number of nitrogens with zero attached hydrogens (tertiary/aromatic N) is 2. The normalized spacial score (nSPS) is 19.6. The van der Waals surface area contributed by atoms with Gasteiger partial charge in [0, 0.05) is 25.6 Å². The zero-order chi connectivity index (χ0) is 17.8. The largest absolute Gasteiger partial charge is 0.339 e. The van der Waals surface area contributed by atoms with Crippen LogP contribution in [-0.2, 0) is 11.2 Å². The molecular formula is C21H25FN2O. The van der Waals surface area contributed by atoms with Gasteiger partial charge in [0.15, 0.2) is 0 Å². The SMILES string of the molecule is CC(Cc1ccc(F)cc1)C(=O)N1CCN(C)C(c2ccccc2)C1. The highest BCUT2D eigenvalue weighted by atomic mass is 19.1. The highest BCUT2D eigenvalue weighted by molar-refractivity contribution is 5.79. The van der Waals surface area contributed by atoms with Crippen LogP contribution in [0.3, 0.4) is 0 Å². The molecule has 0 aromatic heterocycles. The Morgan fingerprint density at radius 2 is 1.80 bits per heavy atom. The van der Waals surface area contributed by atoms with Gasteiger partial charge in [-0.2, -0.15) is 0 Å². The van der Waals surface area contributed by atoms with Gasteiger partial charge in [-0.05, 0) is 36.7 Å². The van der Waals surface area contributed by atoms with E-state index in [2.05, 4.69) is 24.1 Å². The Balaban J connectivity index is 1.66. The fourth-order valence-corrected chi connectivity index (χ4v) is 3.48. The van der Waals surface area contributed by atoms with Gasteiger partial charge in [-0.3, -0.25) is 9.69 Å². The van der Waals surface area contributed by atoms with Gasteiger partial charge >= 0.3 is 0 Å². The lowest BCUT2D eigenvalue weighted by Crippen LogP contribution is -2.50. The fourth-order valence-electron chi connectivity index (χ4n) is 3.48. The zero-order valence-electron chi connectivity index (χ0n) is 14.9. The molecule has 0 bridgehead atoms. The topological polar surface area (TPSA) is 23.6 Å². The summed E-state index contributed by atoms with van der Waals surface area (Å²) in [7, 11) is 2.11. The molecule has 0 aliphatic carbocycles. The zero-order valence-corrected chi connectivity index (χ0v) is 14.9. The molecule has 2 unspecified atom stereocenters. The van der Waals surface area contributed by atoms with E-state index in [0.717, 1.165) is 18.7 Å². The number of carbonyl (C=O) groups excluding carboxylic acids is 1. The minimum absolute atomic E-state index is 0.106. The summed E-state index contributed by atoms with van der Waals surface area (Å²) in [4.78, 5) is 17.2. The summed E-state index contributed by atoms with van der Waals surface area (Å²) in [6.45, 7) is 4.30. The first-order valence-corrected chi connectivity index (χ1v) is 8.83. The molecule has 0 spiro atoms. The quantitative estimate of drug-likeness (QED) is 0.850. The van der Waals surface area contributed by atoms with Crippen molar-refractivity contribution in [1.82, 2.24) is 9.80 Å².